The molecule has 3 nitrogen and oxygen atoms in total. The van der Waals surface area contributed by atoms with Crippen molar-refractivity contribution in [2.24, 2.45) is 23.7 Å². The minimum Gasteiger partial charge on any atom is -0.426 e. The van der Waals surface area contributed by atoms with Crippen molar-refractivity contribution in [2.45, 2.75) is 45.4 Å². The molecule has 0 saturated heterocycles. The highest BCUT2D eigenvalue weighted by atomic mass is 19.1. The molecule has 0 aliphatic heterocycles. The summed E-state index contributed by atoms with van der Waals surface area (Å²) in [5.74, 6) is 1.88. The molecule has 1 aromatic carbocycles. The molecule has 0 aromatic heterocycles. The number of fused-ring (bicyclic) bond motifs is 2. The average Bonchev–Trinajstić information content (AvgIpc) is 2.91. The highest BCUT2D eigenvalue weighted by Gasteiger charge is 2.42. The first-order valence-electron chi connectivity index (χ1n) is 9.50. The number of nitrogens with zero attached hydrogens (tertiary/aromatic N) is 1. The Bertz CT molecular complexity index is 628. The Hall–Kier alpha value is -1.42. The monoisotopic (exact) mass is 347 g/mol. The molecule has 2 aliphatic carbocycles. The predicted molar refractivity (Wildman–Crippen MR) is 97.1 cm³/mol. The number of halogens is 1. The number of benzene rings is 1. The van der Waals surface area contributed by atoms with Crippen molar-refractivity contribution in [1.82, 2.24) is 4.90 Å². The molecule has 2 aliphatic rings. The molecular formula is C21H30FNO2. The maximum Gasteiger partial charge on any atom is 0.313 e. The molecule has 2 saturated carbocycles. The lowest BCUT2D eigenvalue weighted by Gasteiger charge is -2.38. The number of rotatable bonds is 5. The molecule has 2 bridgehead atoms. The van der Waals surface area contributed by atoms with Crippen molar-refractivity contribution < 1.29 is 13.9 Å². The molecule has 138 valence electrons. The molecule has 0 spiro atoms. The van der Waals surface area contributed by atoms with Crippen LogP contribution in [0.5, 0.6) is 5.75 Å². The van der Waals surface area contributed by atoms with E-state index in [-0.39, 0.29) is 17.7 Å². The third-order valence-corrected chi connectivity index (χ3v) is 5.88. The van der Waals surface area contributed by atoms with E-state index in [9.17, 15) is 9.18 Å². The molecule has 4 atom stereocenters. The van der Waals surface area contributed by atoms with Gasteiger partial charge in [-0.3, -0.25) is 4.79 Å². The Morgan fingerprint density at radius 3 is 2.68 bits per heavy atom. The molecule has 25 heavy (non-hydrogen) atoms. The van der Waals surface area contributed by atoms with Crippen molar-refractivity contribution in [3.63, 3.8) is 0 Å². The van der Waals surface area contributed by atoms with Gasteiger partial charge in [0.05, 0.1) is 5.92 Å². The van der Waals surface area contributed by atoms with Crippen LogP contribution in [0.2, 0.25) is 0 Å². The van der Waals surface area contributed by atoms with Crippen LogP contribution >= 0.6 is 0 Å². The van der Waals surface area contributed by atoms with E-state index < -0.39 is 0 Å². The molecular weight excluding hydrogens is 317 g/mol. The Morgan fingerprint density at radius 2 is 2.00 bits per heavy atom. The van der Waals surface area contributed by atoms with Crippen molar-refractivity contribution >= 4 is 5.97 Å². The molecule has 0 N–H and O–H groups in total. The normalized spacial score (nSPS) is 28.6. The molecule has 3 rings (SSSR count). The molecule has 1 aromatic rings. The summed E-state index contributed by atoms with van der Waals surface area (Å²) in [6.07, 6.45) is 5.04. The standard InChI is InChI=1S/C21H30FNO2/c1-13(2)21(24)25-18-10-16(9-17(22)11-18)19-8-14-5-6-15(7-14)20(19)12-23(3)4/h9-11,13-15,19-20H,5-8,12H2,1-4H3/t14-,15+,19?,20?/m1/s1. The molecule has 0 amide bonds. The fraction of sp³-hybridized carbons (Fsp3) is 0.667. The van der Waals surface area contributed by atoms with E-state index in [1.54, 1.807) is 19.9 Å². The van der Waals surface area contributed by atoms with Crippen LogP contribution in [0.4, 0.5) is 4.39 Å². The molecule has 4 heteroatoms. The fourth-order valence-corrected chi connectivity index (χ4v) is 4.75. The summed E-state index contributed by atoms with van der Waals surface area (Å²) in [4.78, 5) is 14.1. The quantitative estimate of drug-likeness (QED) is 0.581. The molecule has 0 heterocycles. The summed E-state index contributed by atoms with van der Waals surface area (Å²) in [6, 6.07) is 4.86. The number of hydrogen-bond acceptors (Lipinski definition) is 3. The second kappa shape index (κ2) is 7.45. The Balaban J connectivity index is 1.88. The molecule has 2 fully saturated rings. The van der Waals surface area contributed by atoms with Gasteiger partial charge in [0.25, 0.3) is 0 Å². The van der Waals surface area contributed by atoms with Crippen molar-refractivity contribution in [3.8, 4) is 5.75 Å². The Labute approximate surface area is 150 Å². The topological polar surface area (TPSA) is 29.5 Å². The average molecular weight is 347 g/mol. The minimum atomic E-state index is -0.315. The first-order chi connectivity index (χ1) is 11.8. The number of ether oxygens (including phenoxy) is 1. The minimum absolute atomic E-state index is 0.223. The van der Waals surface area contributed by atoms with Crippen LogP contribution in [0, 0.1) is 29.5 Å². The SMILES string of the molecule is CC(C)C(=O)Oc1cc(F)cc(C2C[C@@H]3CC[C@@H](C3)C2CN(C)C)c1. The lowest BCUT2D eigenvalue weighted by atomic mass is 9.69. The zero-order valence-electron chi connectivity index (χ0n) is 15.8. The van der Waals surface area contributed by atoms with Gasteiger partial charge in [0.2, 0.25) is 0 Å². The molecule has 2 unspecified atom stereocenters. The van der Waals surface area contributed by atoms with Gasteiger partial charge in [-0.25, -0.2) is 4.39 Å². The number of hydrogen-bond donors (Lipinski definition) is 0. The summed E-state index contributed by atoms with van der Waals surface area (Å²) >= 11 is 0. The lowest BCUT2D eigenvalue weighted by Crippen LogP contribution is -2.34. The number of carbonyl (C=O) groups is 1. The van der Waals surface area contributed by atoms with Crippen LogP contribution < -0.4 is 4.74 Å². The van der Waals surface area contributed by atoms with Gasteiger partial charge in [-0.1, -0.05) is 20.3 Å². The number of esters is 1. The van der Waals surface area contributed by atoms with Crippen LogP contribution in [-0.2, 0) is 4.79 Å². The first kappa shape index (κ1) is 18.4. The highest BCUT2D eigenvalue weighted by Crippen LogP contribution is 2.52. The van der Waals surface area contributed by atoms with Gasteiger partial charge < -0.3 is 9.64 Å². The van der Waals surface area contributed by atoms with Gasteiger partial charge in [-0.2, -0.15) is 0 Å². The van der Waals surface area contributed by atoms with Crippen LogP contribution in [0.25, 0.3) is 0 Å². The zero-order valence-corrected chi connectivity index (χ0v) is 15.8. The lowest BCUT2D eigenvalue weighted by molar-refractivity contribution is -0.137. The fourth-order valence-electron chi connectivity index (χ4n) is 4.75. The highest BCUT2D eigenvalue weighted by molar-refractivity contribution is 5.74. The second-order valence-corrected chi connectivity index (χ2v) is 8.50. The van der Waals surface area contributed by atoms with Gasteiger partial charge in [-0.05, 0) is 74.7 Å². The van der Waals surface area contributed by atoms with E-state index >= 15 is 0 Å². The van der Waals surface area contributed by atoms with E-state index in [1.165, 1.54) is 25.3 Å². The third-order valence-electron chi connectivity index (χ3n) is 5.88. The summed E-state index contributed by atoms with van der Waals surface area (Å²) in [6.45, 7) is 4.60. The van der Waals surface area contributed by atoms with E-state index in [1.807, 2.05) is 6.07 Å². The summed E-state index contributed by atoms with van der Waals surface area (Å²) < 4.78 is 19.6. The van der Waals surface area contributed by atoms with E-state index in [0.717, 1.165) is 30.4 Å². The van der Waals surface area contributed by atoms with Gasteiger partial charge in [-0.15, -0.1) is 0 Å². The Morgan fingerprint density at radius 1 is 1.24 bits per heavy atom. The van der Waals surface area contributed by atoms with Gasteiger partial charge in [0.15, 0.2) is 0 Å². The van der Waals surface area contributed by atoms with E-state index in [2.05, 4.69) is 19.0 Å². The number of carbonyl (C=O) groups excluding carboxylic acids is 1. The Kier molecular flexibility index (Phi) is 5.47. The maximum atomic E-state index is 14.2. The largest absolute Gasteiger partial charge is 0.426 e. The van der Waals surface area contributed by atoms with Gasteiger partial charge in [0.1, 0.15) is 11.6 Å². The zero-order chi connectivity index (χ0) is 18.1. The van der Waals surface area contributed by atoms with Gasteiger partial charge >= 0.3 is 5.97 Å². The predicted octanol–water partition coefficient (Wildman–Crippen LogP) is 4.47. The van der Waals surface area contributed by atoms with Crippen molar-refractivity contribution in [3.05, 3.63) is 29.6 Å². The third kappa shape index (κ3) is 4.22. The first-order valence-corrected chi connectivity index (χ1v) is 9.50. The summed E-state index contributed by atoms with van der Waals surface area (Å²) in [5, 5.41) is 0. The maximum absolute atomic E-state index is 14.2. The summed E-state index contributed by atoms with van der Waals surface area (Å²) in [5.41, 5.74) is 0.995. The summed E-state index contributed by atoms with van der Waals surface area (Å²) in [7, 11) is 4.22. The smallest absolute Gasteiger partial charge is 0.313 e. The van der Waals surface area contributed by atoms with Crippen molar-refractivity contribution in [2.75, 3.05) is 20.6 Å². The second-order valence-electron chi connectivity index (χ2n) is 8.50. The van der Waals surface area contributed by atoms with Crippen LogP contribution in [0.3, 0.4) is 0 Å². The van der Waals surface area contributed by atoms with Crippen molar-refractivity contribution in [1.29, 1.82) is 0 Å². The van der Waals surface area contributed by atoms with E-state index in [4.69, 9.17) is 4.74 Å². The van der Waals surface area contributed by atoms with Crippen LogP contribution in [0.1, 0.15) is 51.0 Å². The van der Waals surface area contributed by atoms with Gasteiger partial charge in [0, 0.05) is 12.6 Å². The van der Waals surface area contributed by atoms with Crippen LogP contribution in [-0.4, -0.2) is 31.5 Å². The van der Waals surface area contributed by atoms with Crippen LogP contribution in [0.15, 0.2) is 18.2 Å². The molecule has 0 radical (unpaired) electrons. The van der Waals surface area contributed by atoms with E-state index in [0.29, 0.717) is 17.6 Å².